The van der Waals surface area contributed by atoms with Gasteiger partial charge in [-0.15, -0.1) is 0 Å². The Bertz CT molecular complexity index is 541. The summed E-state index contributed by atoms with van der Waals surface area (Å²) in [7, 11) is 0. The number of hydrogen-bond donors (Lipinski definition) is 2. The average Bonchev–Trinajstić information content (AvgIpc) is 2.31. The molecule has 0 radical (unpaired) electrons. The number of aromatic nitrogens is 1. The molecule has 0 amide bonds. The second-order valence-corrected chi connectivity index (χ2v) is 3.79. The van der Waals surface area contributed by atoms with Crippen molar-refractivity contribution in [3.05, 3.63) is 47.1 Å². The van der Waals surface area contributed by atoms with Crippen LogP contribution in [0.4, 0.5) is 11.5 Å². The van der Waals surface area contributed by atoms with Gasteiger partial charge in [0.1, 0.15) is 23.0 Å². The van der Waals surface area contributed by atoms with Gasteiger partial charge in [-0.2, -0.15) is 0 Å². The Morgan fingerprint density at radius 1 is 1.24 bits per heavy atom. The van der Waals surface area contributed by atoms with E-state index >= 15 is 0 Å². The van der Waals surface area contributed by atoms with Gasteiger partial charge >= 0.3 is 0 Å². The van der Waals surface area contributed by atoms with Crippen LogP contribution in [0.2, 0.25) is 5.15 Å². The topological polar surface area (TPSA) is 62.2 Å². The van der Waals surface area contributed by atoms with Gasteiger partial charge in [0, 0.05) is 11.3 Å². The minimum atomic E-state index is 0.184. The first kappa shape index (κ1) is 11.4. The molecule has 5 heteroatoms. The van der Waals surface area contributed by atoms with Crippen molar-refractivity contribution >= 4 is 29.4 Å². The molecular weight excluding hydrogens is 240 g/mol. The minimum Gasteiger partial charge on any atom is -0.508 e. The van der Waals surface area contributed by atoms with Crippen LogP contribution in [0.1, 0.15) is 10.4 Å². The number of nitrogens with zero attached hydrogens (tertiary/aromatic N) is 1. The first-order valence-electron chi connectivity index (χ1n) is 4.86. The molecule has 1 aromatic heterocycles. The van der Waals surface area contributed by atoms with Crippen LogP contribution in [0.5, 0.6) is 5.75 Å². The molecule has 2 N–H and O–H groups in total. The van der Waals surface area contributed by atoms with Gasteiger partial charge in [-0.05, 0) is 36.4 Å². The molecule has 17 heavy (non-hydrogen) atoms. The predicted octanol–water partition coefficient (Wildman–Crippen LogP) is 3.00. The van der Waals surface area contributed by atoms with Crippen molar-refractivity contribution in [3.8, 4) is 5.75 Å². The number of phenols is 1. The highest BCUT2D eigenvalue weighted by atomic mass is 35.5. The predicted molar refractivity (Wildman–Crippen MR) is 66.0 cm³/mol. The summed E-state index contributed by atoms with van der Waals surface area (Å²) in [6.07, 6.45) is 0.704. The summed E-state index contributed by atoms with van der Waals surface area (Å²) in [5, 5.41) is 12.4. The van der Waals surface area contributed by atoms with E-state index in [1.165, 1.54) is 6.07 Å². The lowest BCUT2D eigenvalue weighted by Gasteiger charge is -2.06. The molecule has 0 spiro atoms. The third kappa shape index (κ3) is 2.95. The van der Waals surface area contributed by atoms with Crippen molar-refractivity contribution < 1.29 is 9.90 Å². The largest absolute Gasteiger partial charge is 0.508 e. The van der Waals surface area contributed by atoms with Crippen molar-refractivity contribution in [3.63, 3.8) is 0 Å². The third-order valence-electron chi connectivity index (χ3n) is 2.09. The zero-order chi connectivity index (χ0) is 12.3. The lowest BCUT2D eigenvalue weighted by Crippen LogP contribution is -1.95. The number of phenolic OH excluding ortho intramolecular Hbond substituents is 1. The average molecular weight is 249 g/mol. The molecule has 86 valence electrons. The summed E-state index contributed by atoms with van der Waals surface area (Å²) < 4.78 is 0. The van der Waals surface area contributed by atoms with Gasteiger partial charge in [0.05, 0.1) is 0 Å². The Balaban J connectivity index is 2.26. The number of benzene rings is 1. The van der Waals surface area contributed by atoms with Crippen molar-refractivity contribution in [2.75, 3.05) is 5.32 Å². The molecule has 0 bridgehead atoms. The summed E-state index contributed by atoms with van der Waals surface area (Å²) in [5.41, 5.74) is 1.20. The fourth-order valence-electron chi connectivity index (χ4n) is 1.34. The Labute approximate surface area is 103 Å². The second-order valence-electron chi connectivity index (χ2n) is 3.40. The van der Waals surface area contributed by atoms with Crippen LogP contribution in [0.15, 0.2) is 36.4 Å². The molecule has 2 aromatic rings. The highest BCUT2D eigenvalue weighted by Crippen LogP contribution is 2.20. The molecule has 1 heterocycles. The molecule has 0 saturated carbocycles. The molecule has 4 nitrogen and oxygen atoms in total. The molecule has 0 unspecified atom stereocenters. The fourth-order valence-corrected chi connectivity index (χ4v) is 1.56. The first-order valence-corrected chi connectivity index (χ1v) is 5.24. The summed E-state index contributed by atoms with van der Waals surface area (Å²) in [6, 6.07) is 9.56. The van der Waals surface area contributed by atoms with E-state index in [2.05, 4.69) is 10.3 Å². The number of aromatic hydroxyl groups is 1. The van der Waals surface area contributed by atoms with Gasteiger partial charge in [0.2, 0.25) is 0 Å². The van der Waals surface area contributed by atoms with Gasteiger partial charge in [-0.1, -0.05) is 11.6 Å². The Morgan fingerprint density at radius 2 is 1.94 bits per heavy atom. The van der Waals surface area contributed by atoms with Crippen LogP contribution in [-0.2, 0) is 0 Å². The second kappa shape index (κ2) is 4.84. The number of carbonyl (C=O) groups excluding carboxylic acids is 1. The van der Waals surface area contributed by atoms with Crippen LogP contribution in [0.3, 0.4) is 0 Å². The molecule has 2 rings (SSSR count). The smallest absolute Gasteiger partial charge is 0.150 e. The van der Waals surface area contributed by atoms with Crippen LogP contribution in [-0.4, -0.2) is 16.4 Å². The monoisotopic (exact) mass is 248 g/mol. The Kier molecular flexibility index (Phi) is 3.25. The number of aldehydes is 1. The number of anilines is 2. The summed E-state index contributed by atoms with van der Waals surface area (Å²) >= 11 is 5.77. The zero-order valence-electron chi connectivity index (χ0n) is 8.72. The molecule has 0 saturated heterocycles. The van der Waals surface area contributed by atoms with Gasteiger partial charge < -0.3 is 10.4 Å². The van der Waals surface area contributed by atoms with E-state index in [9.17, 15) is 4.79 Å². The van der Waals surface area contributed by atoms with Crippen LogP contribution in [0.25, 0.3) is 0 Å². The first-order chi connectivity index (χ1) is 8.17. The van der Waals surface area contributed by atoms with Crippen LogP contribution in [0, 0.1) is 0 Å². The number of nitrogens with one attached hydrogen (secondary N) is 1. The lowest BCUT2D eigenvalue weighted by molar-refractivity contribution is 0.112. The van der Waals surface area contributed by atoms with E-state index in [1.54, 1.807) is 30.3 Å². The maximum Gasteiger partial charge on any atom is 0.150 e. The summed E-state index contributed by atoms with van der Waals surface area (Å²) in [6.45, 7) is 0. The van der Waals surface area contributed by atoms with Crippen molar-refractivity contribution in [1.82, 2.24) is 4.98 Å². The fraction of sp³-hybridized carbons (Fsp3) is 0. The number of carbonyl (C=O) groups is 1. The molecule has 1 aromatic carbocycles. The van der Waals surface area contributed by atoms with Crippen molar-refractivity contribution in [1.29, 1.82) is 0 Å². The van der Waals surface area contributed by atoms with E-state index in [-0.39, 0.29) is 10.9 Å². The van der Waals surface area contributed by atoms with Gasteiger partial charge in [0.15, 0.2) is 0 Å². The molecule has 0 fully saturated rings. The molecule has 0 aliphatic carbocycles. The maximum absolute atomic E-state index is 10.7. The van der Waals surface area contributed by atoms with E-state index < -0.39 is 0 Å². The highest BCUT2D eigenvalue weighted by molar-refractivity contribution is 6.29. The Morgan fingerprint density at radius 3 is 2.59 bits per heavy atom. The minimum absolute atomic E-state index is 0.184. The standard InChI is InChI=1S/C12H9ClN2O2/c13-11-5-8(7-16)6-12(15-11)14-9-1-3-10(17)4-2-9/h1-7,17H,(H,14,15). The number of rotatable bonds is 3. The SMILES string of the molecule is O=Cc1cc(Cl)nc(Nc2ccc(O)cc2)c1. The molecular formula is C12H9ClN2O2. The van der Waals surface area contributed by atoms with Gasteiger partial charge in [-0.3, -0.25) is 4.79 Å². The van der Waals surface area contributed by atoms with Gasteiger partial charge in [0.25, 0.3) is 0 Å². The quantitative estimate of drug-likeness (QED) is 0.498. The number of pyridine rings is 1. The van der Waals surface area contributed by atoms with E-state index in [0.29, 0.717) is 17.7 Å². The molecule has 0 aliphatic heterocycles. The lowest BCUT2D eigenvalue weighted by atomic mass is 10.2. The maximum atomic E-state index is 10.7. The molecule has 0 atom stereocenters. The summed E-state index contributed by atoms with van der Waals surface area (Å²) in [5.74, 6) is 0.661. The van der Waals surface area contributed by atoms with E-state index in [0.717, 1.165) is 5.69 Å². The number of hydrogen-bond acceptors (Lipinski definition) is 4. The van der Waals surface area contributed by atoms with Gasteiger partial charge in [-0.25, -0.2) is 4.98 Å². The molecule has 0 aliphatic rings. The highest BCUT2D eigenvalue weighted by Gasteiger charge is 2.01. The summed E-state index contributed by atoms with van der Waals surface area (Å²) in [4.78, 5) is 14.7. The third-order valence-corrected chi connectivity index (χ3v) is 2.29. The van der Waals surface area contributed by atoms with E-state index in [4.69, 9.17) is 16.7 Å². The Hall–Kier alpha value is -2.07. The van der Waals surface area contributed by atoms with Crippen LogP contribution < -0.4 is 5.32 Å². The van der Waals surface area contributed by atoms with E-state index in [1.807, 2.05) is 0 Å². The zero-order valence-corrected chi connectivity index (χ0v) is 9.48. The number of halogens is 1. The van der Waals surface area contributed by atoms with Crippen molar-refractivity contribution in [2.45, 2.75) is 0 Å². The van der Waals surface area contributed by atoms with Crippen LogP contribution >= 0.6 is 11.6 Å². The van der Waals surface area contributed by atoms with Crippen molar-refractivity contribution in [2.24, 2.45) is 0 Å². The normalized spacial score (nSPS) is 9.94.